The molecule has 1 aliphatic rings. The molecule has 51 heavy (non-hydrogen) atoms. The summed E-state index contributed by atoms with van der Waals surface area (Å²) >= 11 is 1.82. The Morgan fingerprint density at radius 3 is 2.04 bits per heavy atom. The van der Waals surface area contributed by atoms with Gasteiger partial charge in [0.2, 0.25) is 0 Å². The average molecular weight is 673 g/mol. The number of hydrogen-bond donors (Lipinski definition) is 1. The van der Waals surface area contributed by atoms with Crippen LogP contribution in [0.15, 0.2) is 172 Å². The molecule has 1 unspecified atom stereocenters. The van der Waals surface area contributed by atoms with Gasteiger partial charge in [-0.3, -0.25) is 0 Å². The van der Waals surface area contributed by atoms with Crippen molar-refractivity contribution in [2.45, 2.75) is 6.17 Å². The summed E-state index contributed by atoms with van der Waals surface area (Å²) in [5, 5.41) is 10.8. The Bertz CT molecular complexity index is 3020. The van der Waals surface area contributed by atoms with Gasteiger partial charge in [0.25, 0.3) is 0 Å². The van der Waals surface area contributed by atoms with Crippen LogP contribution >= 0.6 is 11.3 Å². The summed E-state index contributed by atoms with van der Waals surface area (Å²) in [5.74, 6) is 1.43. The van der Waals surface area contributed by atoms with Crippen LogP contribution in [0, 0.1) is 0 Å². The molecule has 4 heterocycles. The van der Waals surface area contributed by atoms with Crippen LogP contribution in [0.5, 0.6) is 0 Å². The molecule has 7 aromatic carbocycles. The van der Waals surface area contributed by atoms with Gasteiger partial charge < -0.3 is 14.3 Å². The summed E-state index contributed by atoms with van der Waals surface area (Å²) in [6.45, 7) is 0. The number of nitrogens with zero attached hydrogens (tertiary/aromatic N) is 3. The molecular weight excluding hydrogens is 645 g/mol. The third-order valence-corrected chi connectivity index (χ3v) is 11.2. The Labute approximate surface area is 296 Å². The second-order valence-corrected chi connectivity index (χ2v) is 14.1. The van der Waals surface area contributed by atoms with Crippen molar-refractivity contribution in [3.05, 3.63) is 174 Å². The zero-order chi connectivity index (χ0) is 33.5. The lowest BCUT2D eigenvalue weighted by Crippen LogP contribution is -2.33. The first-order valence-corrected chi connectivity index (χ1v) is 17.9. The van der Waals surface area contributed by atoms with E-state index < -0.39 is 0 Å². The van der Waals surface area contributed by atoms with Gasteiger partial charge in [-0.1, -0.05) is 115 Å². The maximum absolute atomic E-state index is 6.42. The zero-order valence-corrected chi connectivity index (χ0v) is 28.1. The van der Waals surface area contributed by atoms with Gasteiger partial charge in [0, 0.05) is 53.0 Å². The van der Waals surface area contributed by atoms with Gasteiger partial charge in [0.1, 0.15) is 23.2 Å². The minimum atomic E-state index is -0.305. The summed E-state index contributed by atoms with van der Waals surface area (Å²) in [4.78, 5) is 10.3. The molecular formula is C45H28N4OS. The number of para-hydroxylation sites is 4. The number of benzene rings is 7. The monoisotopic (exact) mass is 672 g/mol. The third-order valence-electron chi connectivity index (χ3n) is 10.1. The molecule has 1 N–H and O–H groups in total. The molecule has 11 rings (SSSR count). The first-order chi connectivity index (χ1) is 25.3. The molecule has 10 aromatic rings. The Hall–Kier alpha value is -6.50. The second-order valence-electron chi connectivity index (χ2n) is 13.0. The smallest absolute Gasteiger partial charge is 0.163 e. The number of aromatic nitrogens is 1. The molecule has 5 nitrogen and oxygen atoms in total. The Kier molecular flexibility index (Phi) is 6.12. The van der Waals surface area contributed by atoms with Crippen molar-refractivity contribution in [1.82, 2.24) is 9.88 Å². The van der Waals surface area contributed by atoms with E-state index in [1.54, 1.807) is 0 Å². The topological polar surface area (TPSA) is 54.8 Å². The van der Waals surface area contributed by atoms with Crippen molar-refractivity contribution in [2.24, 2.45) is 9.98 Å². The number of nitrogens with one attached hydrogen (secondary N) is 1. The number of fused-ring (bicyclic) bond motifs is 9. The normalized spacial score (nSPS) is 14.9. The fraction of sp³-hybridized carbons (Fsp3) is 0.0222. The molecule has 240 valence electrons. The number of amidine groups is 2. The summed E-state index contributed by atoms with van der Waals surface area (Å²) in [6.07, 6.45) is -0.305. The van der Waals surface area contributed by atoms with E-state index in [4.69, 9.17) is 14.4 Å². The molecule has 0 amide bonds. The summed E-state index contributed by atoms with van der Waals surface area (Å²) in [7, 11) is 0. The van der Waals surface area contributed by atoms with Crippen molar-refractivity contribution in [3.8, 4) is 5.69 Å². The van der Waals surface area contributed by atoms with E-state index in [-0.39, 0.29) is 6.17 Å². The van der Waals surface area contributed by atoms with Crippen LogP contribution in [0.25, 0.3) is 69.6 Å². The maximum atomic E-state index is 6.42. The number of furan rings is 1. The lowest BCUT2D eigenvalue weighted by Gasteiger charge is -2.23. The minimum Gasteiger partial charge on any atom is -0.455 e. The SMILES string of the molecule is c1ccc(C2N=C(c3cccc4c3oc3ccccc34)N=C(c3ccc4c(c3)sc3cc(-n5c6ccccc6c6ccccc65)ccc34)N2)cc1. The van der Waals surface area contributed by atoms with Gasteiger partial charge in [-0.15, -0.1) is 11.3 Å². The van der Waals surface area contributed by atoms with Crippen molar-refractivity contribution in [2.75, 3.05) is 0 Å². The van der Waals surface area contributed by atoms with Gasteiger partial charge in [0.05, 0.1) is 16.6 Å². The van der Waals surface area contributed by atoms with E-state index in [1.807, 2.05) is 35.6 Å². The molecule has 3 aromatic heterocycles. The van der Waals surface area contributed by atoms with Crippen LogP contribution < -0.4 is 5.32 Å². The highest BCUT2D eigenvalue weighted by atomic mass is 32.1. The molecule has 6 heteroatoms. The Balaban J connectivity index is 1.04. The molecule has 0 fully saturated rings. The van der Waals surface area contributed by atoms with Crippen LogP contribution in [0.3, 0.4) is 0 Å². The van der Waals surface area contributed by atoms with E-state index in [0.717, 1.165) is 50.2 Å². The van der Waals surface area contributed by atoms with Crippen molar-refractivity contribution >= 4 is 86.9 Å². The lowest BCUT2D eigenvalue weighted by atomic mass is 10.1. The third kappa shape index (κ3) is 4.40. The highest BCUT2D eigenvalue weighted by Gasteiger charge is 2.24. The fourth-order valence-electron chi connectivity index (χ4n) is 7.70. The average Bonchev–Trinajstić information content (AvgIpc) is 3.87. The van der Waals surface area contributed by atoms with Gasteiger partial charge in [-0.25, -0.2) is 9.98 Å². The van der Waals surface area contributed by atoms with Crippen molar-refractivity contribution in [1.29, 1.82) is 0 Å². The van der Waals surface area contributed by atoms with Gasteiger partial charge in [0.15, 0.2) is 5.84 Å². The number of rotatable bonds is 4. The first-order valence-electron chi connectivity index (χ1n) is 17.1. The van der Waals surface area contributed by atoms with Crippen molar-refractivity contribution in [3.63, 3.8) is 0 Å². The molecule has 0 saturated heterocycles. The van der Waals surface area contributed by atoms with Gasteiger partial charge in [-0.2, -0.15) is 0 Å². The van der Waals surface area contributed by atoms with E-state index in [9.17, 15) is 0 Å². The van der Waals surface area contributed by atoms with E-state index in [2.05, 4.69) is 143 Å². The molecule has 1 aliphatic heterocycles. The number of thiophene rings is 1. The van der Waals surface area contributed by atoms with Gasteiger partial charge >= 0.3 is 0 Å². The van der Waals surface area contributed by atoms with Crippen LogP contribution in [-0.2, 0) is 0 Å². The molecule has 0 saturated carbocycles. The molecule has 0 spiro atoms. The van der Waals surface area contributed by atoms with Crippen LogP contribution in [0.1, 0.15) is 22.9 Å². The Morgan fingerprint density at radius 1 is 0.569 bits per heavy atom. The number of hydrogen-bond acceptors (Lipinski definition) is 5. The van der Waals surface area contributed by atoms with E-state index >= 15 is 0 Å². The summed E-state index contributed by atoms with van der Waals surface area (Å²) < 4.78 is 11.3. The largest absolute Gasteiger partial charge is 0.455 e. The lowest BCUT2D eigenvalue weighted by molar-refractivity contribution is 0.663. The molecule has 1 atom stereocenters. The van der Waals surface area contributed by atoms with Crippen LogP contribution in [0.2, 0.25) is 0 Å². The predicted octanol–water partition coefficient (Wildman–Crippen LogP) is 11.5. The minimum absolute atomic E-state index is 0.305. The van der Waals surface area contributed by atoms with E-state index in [1.165, 1.54) is 42.0 Å². The standard InChI is InChI=1S/C45H28N4OS/c1-2-11-27(12-3-1)43-46-44(48-45(47-43)36-17-10-16-35-32-15-6-9-20-39(32)50-42(35)36)28-21-23-33-34-24-22-29(26-41(34)51-40(33)25-28)49-37-18-7-4-13-30(37)31-14-5-8-19-38(31)49/h1-26,43H,(H,46,47,48). The maximum Gasteiger partial charge on any atom is 0.163 e. The zero-order valence-electron chi connectivity index (χ0n) is 27.2. The summed E-state index contributed by atoms with van der Waals surface area (Å²) in [6, 6.07) is 55.6. The van der Waals surface area contributed by atoms with E-state index in [0.29, 0.717) is 5.84 Å². The van der Waals surface area contributed by atoms with Gasteiger partial charge in [-0.05, 0) is 48.0 Å². The highest BCUT2D eigenvalue weighted by Crippen LogP contribution is 2.39. The fourth-order valence-corrected chi connectivity index (χ4v) is 8.88. The molecule has 0 bridgehead atoms. The number of aliphatic imine (C=N–C) groups is 2. The molecule has 0 aliphatic carbocycles. The van der Waals surface area contributed by atoms with Crippen LogP contribution in [-0.4, -0.2) is 16.2 Å². The van der Waals surface area contributed by atoms with Crippen LogP contribution in [0.4, 0.5) is 0 Å². The highest BCUT2D eigenvalue weighted by molar-refractivity contribution is 7.25. The molecule has 0 radical (unpaired) electrons. The summed E-state index contributed by atoms with van der Waals surface area (Å²) in [5.41, 5.74) is 8.21. The Morgan fingerprint density at radius 2 is 1.24 bits per heavy atom. The van der Waals surface area contributed by atoms with Crippen molar-refractivity contribution < 1.29 is 4.42 Å². The predicted molar refractivity (Wildman–Crippen MR) is 213 cm³/mol. The quantitative estimate of drug-likeness (QED) is 0.202. The second kappa shape index (κ2) is 11.0. The first kappa shape index (κ1) is 28.3.